The van der Waals surface area contributed by atoms with Crippen molar-refractivity contribution >= 4 is 27.5 Å². The number of aromatic hydroxyl groups is 1. The molecule has 8 nitrogen and oxygen atoms in total. The van der Waals surface area contributed by atoms with Crippen LogP contribution < -0.4 is 9.64 Å². The zero-order valence-corrected chi connectivity index (χ0v) is 25.2. The largest absolute Gasteiger partial charge is 0.508 e. The van der Waals surface area contributed by atoms with Crippen LogP contribution in [0.3, 0.4) is 0 Å². The first kappa shape index (κ1) is 29.1. The lowest BCUT2D eigenvalue weighted by Crippen LogP contribution is -2.44. The Kier molecular flexibility index (Phi) is 7.34. The Bertz CT molecular complexity index is 1730. The van der Waals surface area contributed by atoms with E-state index < -0.39 is 23.1 Å². The van der Waals surface area contributed by atoms with Crippen molar-refractivity contribution in [1.82, 2.24) is 14.9 Å². The summed E-state index contributed by atoms with van der Waals surface area (Å²) in [6, 6.07) is 12.6. The maximum absolute atomic E-state index is 16.8. The lowest BCUT2D eigenvalue weighted by Gasteiger charge is -2.31. The van der Waals surface area contributed by atoms with E-state index in [0.717, 1.165) is 42.1 Å². The second-order valence-electron chi connectivity index (χ2n) is 12.9. The standard InChI is InChI=1S/C34H38F2N4O4/c1-3-21-6-4-7-22-14-24(41)15-27(28(21)22)25-8-9-26-30(29(25)36)37-32(38-31(26)39-12-13-43-19-33(2,42)18-39)44-20-34-10-5-11-40(34)17-23(35)16-34/h4,6-9,14-15,23,41-42H,3,5,10-13,16-20H2,1-2H3/t23-,33?,34+/m1/s1. The van der Waals surface area contributed by atoms with Gasteiger partial charge in [-0.1, -0.05) is 31.2 Å². The predicted molar refractivity (Wildman–Crippen MR) is 166 cm³/mol. The Morgan fingerprint density at radius 2 is 2.00 bits per heavy atom. The van der Waals surface area contributed by atoms with E-state index in [0.29, 0.717) is 48.4 Å². The van der Waals surface area contributed by atoms with E-state index in [1.807, 2.05) is 30.0 Å². The molecule has 1 unspecified atom stereocenters. The van der Waals surface area contributed by atoms with Crippen LogP contribution in [-0.4, -0.2) is 88.4 Å². The number of fused-ring (bicyclic) bond motifs is 3. The number of aliphatic hydroxyl groups is 1. The van der Waals surface area contributed by atoms with Crippen molar-refractivity contribution < 1.29 is 28.5 Å². The van der Waals surface area contributed by atoms with Gasteiger partial charge in [-0.2, -0.15) is 9.97 Å². The summed E-state index contributed by atoms with van der Waals surface area (Å²) in [6.45, 7) is 6.36. The van der Waals surface area contributed by atoms with Gasteiger partial charge in [0.25, 0.3) is 0 Å². The molecule has 0 spiro atoms. The maximum Gasteiger partial charge on any atom is 0.319 e. The third-order valence-electron chi connectivity index (χ3n) is 9.47. The lowest BCUT2D eigenvalue weighted by molar-refractivity contribution is -0.0123. The second kappa shape index (κ2) is 11.1. The number of hydrogen-bond donors (Lipinski definition) is 2. The van der Waals surface area contributed by atoms with Crippen molar-refractivity contribution in [3.8, 4) is 22.9 Å². The van der Waals surface area contributed by atoms with Gasteiger partial charge in [0.1, 0.15) is 35.5 Å². The van der Waals surface area contributed by atoms with Crippen LogP contribution in [0.25, 0.3) is 32.8 Å². The van der Waals surface area contributed by atoms with Crippen LogP contribution in [0.1, 0.15) is 38.7 Å². The predicted octanol–water partition coefficient (Wildman–Crippen LogP) is 5.40. The monoisotopic (exact) mass is 604 g/mol. The van der Waals surface area contributed by atoms with Crippen molar-refractivity contribution in [3.05, 3.63) is 53.8 Å². The van der Waals surface area contributed by atoms with Crippen LogP contribution in [0.4, 0.5) is 14.6 Å². The molecule has 3 fully saturated rings. The summed E-state index contributed by atoms with van der Waals surface area (Å²) in [4.78, 5) is 13.4. The summed E-state index contributed by atoms with van der Waals surface area (Å²) >= 11 is 0. The number of rotatable bonds is 6. The highest BCUT2D eigenvalue weighted by molar-refractivity contribution is 6.03. The van der Waals surface area contributed by atoms with Crippen LogP contribution in [-0.2, 0) is 11.2 Å². The van der Waals surface area contributed by atoms with E-state index in [4.69, 9.17) is 14.5 Å². The number of nitrogens with zero attached hydrogens (tertiary/aromatic N) is 4. The molecule has 0 radical (unpaired) electrons. The highest BCUT2D eigenvalue weighted by Gasteiger charge is 2.49. The average molecular weight is 605 g/mol. The third kappa shape index (κ3) is 5.12. The van der Waals surface area contributed by atoms with Crippen LogP contribution in [0.5, 0.6) is 11.8 Å². The van der Waals surface area contributed by atoms with Gasteiger partial charge in [0.15, 0.2) is 5.82 Å². The Morgan fingerprint density at radius 3 is 2.84 bits per heavy atom. The molecule has 2 N–H and O–H groups in total. The van der Waals surface area contributed by atoms with E-state index in [1.54, 1.807) is 31.2 Å². The van der Waals surface area contributed by atoms with Crippen LogP contribution in [0.15, 0.2) is 42.5 Å². The number of hydrogen-bond acceptors (Lipinski definition) is 8. The van der Waals surface area contributed by atoms with Crippen molar-refractivity contribution in [1.29, 1.82) is 0 Å². The number of benzene rings is 3. The molecule has 10 heteroatoms. The summed E-state index contributed by atoms with van der Waals surface area (Å²) in [6.07, 6.45) is 2.02. The fraction of sp³-hybridized carbons (Fsp3) is 0.471. The van der Waals surface area contributed by atoms with Gasteiger partial charge >= 0.3 is 6.01 Å². The van der Waals surface area contributed by atoms with Crippen molar-refractivity contribution in [2.75, 3.05) is 50.9 Å². The molecule has 4 heterocycles. The molecule has 1 aromatic heterocycles. The lowest BCUT2D eigenvalue weighted by atomic mass is 9.92. The van der Waals surface area contributed by atoms with Crippen molar-refractivity contribution in [2.45, 2.75) is 56.8 Å². The Balaban J connectivity index is 1.38. The summed E-state index contributed by atoms with van der Waals surface area (Å²) in [5.41, 5.74) is 0.430. The maximum atomic E-state index is 16.8. The first-order chi connectivity index (χ1) is 21.2. The normalized spacial score (nSPS) is 25.9. The van der Waals surface area contributed by atoms with Gasteiger partial charge in [0, 0.05) is 30.5 Å². The second-order valence-corrected chi connectivity index (χ2v) is 12.9. The van der Waals surface area contributed by atoms with E-state index in [-0.39, 0.29) is 37.0 Å². The molecule has 3 saturated heterocycles. The zero-order valence-electron chi connectivity index (χ0n) is 25.2. The number of alkyl halides is 1. The molecule has 3 aromatic carbocycles. The highest BCUT2D eigenvalue weighted by atomic mass is 19.1. The Hall–Kier alpha value is -3.60. The van der Waals surface area contributed by atoms with E-state index in [9.17, 15) is 14.6 Å². The van der Waals surface area contributed by atoms with Crippen LogP contribution in [0.2, 0.25) is 0 Å². The molecule has 0 saturated carbocycles. The number of β-amino-alcohol motifs (C(OH)–C–C–N with tert-alkyl or cyclic N) is 1. The Morgan fingerprint density at radius 1 is 1.14 bits per heavy atom. The minimum Gasteiger partial charge on any atom is -0.508 e. The molecule has 0 bridgehead atoms. The van der Waals surface area contributed by atoms with E-state index >= 15 is 4.39 Å². The SMILES string of the molecule is CCc1cccc2cc(O)cc(-c3ccc4c(N5CCOCC(C)(O)C5)nc(OC[C@@]56CCCN5C[C@H](F)C6)nc4c3F)c12. The minimum atomic E-state index is -1.15. The molecule has 232 valence electrons. The number of phenolic OH excluding ortho intramolecular Hbond substituents is 1. The van der Waals surface area contributed by atoms with Gasteiger partial charge < -0.3 is 24.6 Å². The third-order valence-corrected chi connectivity index (χ3v) is 9.47. The van der Waals surface area contributed by atoms with Gasteiger partial charge in [-0.15, -0.1) is 0 Å². The van der Waals surface area contributed by atoms with Gasteiger partial charge in [0.05, 0.1) is 25.3 Å². The van der Waals surface area contributed by atoms with E-state index in [2.05, 4.69) is 9.88 Å². The zero-order chi connectivity index (χ0) is 30.6. The van der Waals surface area contributed by atoms with Crippen LogP contribution in [0, 0.1) is 5.82 Å². The fourth-order valence-electron chi connectivity index (χ4n) is 7.47. The number of phenols is 1. The van der Waals surface area contributed by atoms with Gasteiger partial charge in [-0.3, -0.25) is 4.90 Å². The quantitative estimate of drug-likeness (QED) is 0.303. The number of aromatic nitrogens is 2. The number of halogens is 2. The number of anilines is 1. The average Bonchev–Trinajstić information content (AvgIpc) is 3.45. The van der Waals surface area contributed by atoms with Crippen molar-refractivity contribution in [2.24, 2.45) is 0 Å². The smallest absolute Gasteiger partial charge is 0.319 e. The van der Waals surface area contributed by atoms with Crippen LogP contribution >= 0.6 is 0 Å². The first-order valence-corrected chi connectivity index (χ1v) is 15.5. The minimum absolute atomic E-state index is 0.00639. The number of ether oxygens (including phenoxy) is 2. The summed E-state index contributed by atoms with van der Waals surface area (Å²) in [5.74, 6) is -0.0775. The molecule has 44 heavy (non-hydrogen) atoms. The van der Waals surface area contributed by atoms with Gasteiger partial charge in [-0.05, 0) is 72.8 Å². The molecule has 3 aliphatic rings. The molecule has 4 aromatic rings. The van der Waals surface area contributed by atoms with Gasteiger partial charge in [-0.25, -0.2) is 8.78 Å². The summed E-state index contributed by atoms with van der Waals surface area (Å²) in [7, 11) is 0. The topological polar surface area (TPSA) is 91.2 Å². The van der Waals surface area contributed by atoms with E-state index in [1.165, 1.54) is 0 Å². The fourth-order valence-corrected chi connectivity index (χ4v) is 7.47. The molecule has 0 amide bonds. The molecule has 7 rings (SSSR count). The molecule has 3 atom stereocenters. The Labute approximate surface area is 255 Å². The molecule has 0 aliphatic carbocycles. The van der Waals surface area contributed by atoms with Gasteiger partial charge in [0.2, 0.25) is 0 Å². The first-order valence-electron chi connectivity index (χ1n) is 15.5. The molecular formula is C34H38F2N4O4. The molecular weight excluding hydrogens is 566 g/mol. The summed E-state index contributed by atoms with van der Waals surface area (Å²) in [5, 5.41) is 23.7. The molecule has 3 aliphatic heterocycles. The summed E-state index contributed by atoms with van der Waals surface area (Å²) < 4.78 is 43.2. The van der Waals surface area contributed by atoms with Crippen molar-refractivity contribution in [3.63, 3.8) is 0 Å². The highest BCUT2D eigenvalue weighted by Crippen LogP contribution is 2.42. The number of aryl methyl sites for hydroxylation is 1.